The molecule has 1 aromatic carbocycles. The number of aromatic nitrogens is 2. The standard InChI is InChI=1S/C18H28N4O3S.C15H19N3O2.C7H15NOS.C7H8.C2H6/c23-18(16-13-17(25-20-16)14-1-2-14)19-15-3-5-22(6-4-15)26-12-9-21-7-10-24-11-8-21;19-15(13-7-14(20-17-13)8-1-2-8)16-9-3-10-5-12-6-11(4-9)18(10)12;10-7-1-2-8-3-5-9-6-4-8;1-7-5-3-2-4-6-7;1-2/h13-15H,1-12H2,(H,19,23);7-12H,1-6H2,(H,16,19);10H,1-7H2;2-6H,1H3;1-2H3. The van der Waals surface area contributed by atoms with Crippen molar-refractivity contribution >= 4 is 36.4 Å². The third kappa shape index (κ3) is 15.5. The second-order valence-electron chi connectivity index (χ2n) is 18.4. The lowest BCUT2D eigenvalue weighted by atomic mass is 9.68. The van der Waals surface area contributed by atoms with Crippen LogP contribution in [0.25, 0.3) is 0 Å². The maximum Gasteiger partial charge on any atom is 0.273 e. The number of ether oxygens (including phenoxy) is 2. The number of thiol groups is 1. The fourth-order valence-electron chi connectivity index (χ4n) is 9.47. The van der Waals surface area contributed by atoms with E-state index < -0.39 is 0 Å². The highest BCUT2D eigenvalue weighted by Crippen LogP contribution is 2.48. The molecular weight excluding hydrogens is 861 g/mol. The fourth-order valence-corrected chi connectivity index (χ4v) is 10.7. The highest BCUT2D eigenvalue weighted by molar-refractivity contribution is 7.97. The topological polar surface area (TPSA) is 142 Å². The van der Waals surface area contributed by atoms with Crippen LogP contribution in [0, 0.1) is 6.92 Å². The summed E-state index contributed by atoms with van der Waals surface area (Å²) < 4.78 is 23.6. The van der Waals surface area contributed by atoms with Gasteiger partial charge in [-0.25, -0.2) is 0 Å². The largest absolute Gasteiger partial charge is 0.379 e. The number of carbonyl (C=O) groups excluding carboxylic acids is 2. The van der Waals surface area contributed by atoms with Gasteiger partial charge in [-0.05, 0) is 89.9 Å². The summed E-state index contributed by atoms with van der Waals surface area (Å²) in [7, 11) is 0. The van der Waals surface area contributed by atoms with E-state index in [4.69, 9.17) is 18.5 Å². The molecule has 6 aliphatic heterocycles. The molecule has 2 saturated carbocycles. The van der Waals surface area contributed by atoms with Gasteiger partial charge in [-0.3, -0.25) is 28.6 Å². The first kappa shape index (κ1) is 49.9. The van der Waals surface area contributed by atoms with Crippen molar-refractivity contribution in [3.63, 3.8) is 0 Å². The van der Waals surface area contributed by atoms with E-state index in [0.29, 0.717) is 29.3 Å². The number of rotatable bonds is 13. The average molecular weight is 937 g/mol. The summed E-state index contributed by atoms with van der Waals surface area (Å²) in [5.74, 6) is 4.70. The Morgan fingerprint density at radius 1 is 0.677 bits per heavy atom. The van der Waals surface area contributed by atoms with E-state index in [1.54, 1.807) is 0 Å². The molecule has 14 nitrogen and oxygen atoms in total. The number of amides is 2. The van der Waals surface area contributed by atoms with E-state index in [1.165, 1.54) is 44.2 Å². The Labute approximate surface area is 397 Å². The predicted octanol–water partition coefficient (Wildman–Crippen LogP) is 7.05. The zero-order chi connectivity index (χ0) is 45.4. The van der Waals surface area contributed by atoms with Crippen LogP contribution in [0.15, 0.2) is 51.5 Å². The van der Waals surface area contributed by atoms with Crippen molar-refractivity contribution in [3.05, 3.63) is 70.9 Å². The van der Waals surface area contributed by atoms with Gasteiger partial charge in [-0.1, -0.05) is 72.0 Å². The number of carbonyl (C=O) groups is 2. The van der Waals surface area contributed by atoms with Crippen LogP contribution in [-0.4, -0.2) is 162 Å². The number of hydrogen-bond donors (Lipinski definition) is 3. The minimum atomic E-state index is -0.0981. The van der Waals surface area contributed by atoms with E-state index >= 15 is 0 Å². The molecule has 6 saturated heterocycles. The third-order valence-corrected chi connectivity index (χ3v) is 14.9. The van der Waals surface area contributed by atoms with E-state index in [0.717, 1.165) is 152 Å². The van der Waals surface area contributed by atoms with Gasteiger partial charge in [0.1, 0.15) is 11.5 Å². The summed E-state index contributed by atoms with van der Waals surface area (Å²) in [6, 6.07) is 16.8. The lowest BCUT2D eigenvalue weighted by Gasteiger charge is -2.66. The summed E-state index contributed by atoms with van der Waals surface area (Å²) in [6.45, 7) is 18.3. The van der Waals surface area contributed by atoms with Crippen molar-refractivity contribution in [2.75, 3.05) is 90.3 Å². The van der Waals surface area contributed by atoms with Crippen molar-refractivity contribution in [3.8, 4) is 0 Å². The van der Waals surface area contributed by atoms with E-state index in [9.17, 15) is 9.59 Å². The molecule has 360 valence electrons. The maximum atomic E-state index is 12.3. The smallest absolute Gasteiger partial charge is 0.273 e. The van der Waals surface area contributed by atoms with Crippen molar-refractivity contribution in [2.45, 2.75) is 133 Å². The molecule has 2 amide bonds. The quantitative estimate of drug-likeness (QED) is 0.119. The number of aryl methyl sites for hydroxylation is 1. The second-order valence-corrected chi connectivity index (χ2v) is 20.1. The Morgan fingerprint density at radius 3 is 1.63 bits per heavy atom. The fraction of sp³-hybridized carbons (Fsp3) is 0.714. The van der Waals surface area contributed by atoms with Crippen LogP contribution in [0.4, 0.5) is 0 Å². The highest BCUT2D eigenvalue weighted by atomic mass is 32.2. The lowest BCUT2D eigenvalue weighted by Crippen LogP contribution is -2.74. The van der Waals surface area contributed by atoms with Gasteiger partial charge >= 0.3 is 0 Å². The van der Waals surface area contributed by atoms with Crippen molar-refractivity contribution in [1.29, 1.82) is 0 Å². The molecule has 0 bridgehead atoms. The zero-order valence-corrected chi connectivity index (χ0v) is 41.0. The zero-order valence-electron chi connectivity index (χ0n) is 39.2. The van der Waals surface area contributed by atoms with Crippen LogP contribution < -0.4 is 10.6 Å². The maximum absolute atomic E-state index is 12.3. The highest BCUT2D eigenvalue weighted by Gasteiger charge is 2.55. The summed E-state index contributed by atoms with van der Waals surface area (Å²) in [5, 5.41) is 14.1. The molecule has 2 aliphatic carbocycles. The molecule has 8 fully saturated rings. The van der Waals surface area contributed by atoms with Gasteiger partial charge in [-0.2, -0.15) is 12.6 Å². The molecule has 8 heterocycles. The Bertz CT molecular complexity index is 1830. The van der Waals surface area contributed by atoms with E-state index in [1.807, 2.05) is 56.1 Å². The molecule has 2 aromatic heterocycles. The van der Waals surface area contributed by atoms with E-state index in [-0.39, 0.29) is 17.9 Å². The molecule has 2 unspecified atom stereocenters. The van der Waals surface area contributed by atoms with Gasteiger partial charge in [0, 0.05) is 106 Å². The monoisotopic (exact) mass is 937 g/mol. The molecule has 16 heteroatoms. The number of hydrogen-bond acceptors (Lipinski definition) is 14. The van der Waals surface area contributed by atoms with Crippen molar-refractivity contribution < 1.29 is 28.1 Å². The Morgan fingerprint density at radius 2 is 1.17 bits per heavy atom. The molecule has 3 aromatic rings. The molecule has 0 radical (unpaired) electrons. The van der Waals surface area contributed by atoms with Crippen molar-refractivity contribution in [1.82, 2.24) is 40.0 Å². The number of morpholine rings is 2. The number of benzene rings is 1. The van der Waals surface area contributed by atoms with Gasteiger partial charge in [0.2, 0.25) is 0 Å². The number of piperidine rings is 3. The Hall–Kier alpha value is -2.96. The van der Waals surface area contributed by atoms with Crippen LogP contribution in [0.5, 0.6) is 0 Å². The molecule has 8 aliphatic rings. The van der Waals surface area contributed by atoms with Gasteiger partial charge in [0.05, 0.1) is 26.4 Å². The molecular formula is C49H76N8O6S2. The predicted molar refractivity (Wildman–Crippen MR) is 260 cm³/mol. The summed E-state index contributed by atoms with van der Waals surface area (Å²) in [6.07, 6.45) is 12.7. The second kappa shape index (κ2) is 26.0. The molecule has 0 spiro atoms. The van der Waals surface area contributed by atoms with Crippen LogP contribution in [0.2, 0.25) is 0 Å². The first-order valence-electron chi connectivity index (χ1n) is 24.8. The van der Waals surface area contributed by atoms with Crippen LogP contribution in [0.3, 0.4) is 0 Å². The average Bonchev–Trinajstić information content (AvgIpc) is 4.26. The summed E-state index contributed by atoms with van der Waals surface area (Å²) >= 11 is 6.09. The molecule has 65 heavy (non-hydrogen) atoms. The SMILES string of the molecule is CC.Cc1ccccc1.O=C(NC1CC2CC3CC(C1)N23)c1cc(C2CC2)on1.O=C(NC1CCN(SCCN2CCOCC2)CC1)c1cc(C2CC2)on1.SCCCN1CCOCC1. The minimum Gasteiger partial charge on any atom is -0.379 e. The van der Waals surface area contributed by atoms with Gasteiger partial charge < -0.3 is 29.2 Å². The van der Waals surface area contributed by atoms with E-state index in [2.05, 4.69) is 71.6 Å². The van der Waals surface area contributed by atoms with Gasteiger partial charge in [0.15, 0.2) is 11.4 Å². The lowest BCUT2D eigenvalue weighted by molar-refractivity contribution is -0.150. The Balaban J connectivity index is 0.000000142. The minimum absolute atomic E-state index is 0.0608. The third-order valence-electron chi connectivity index (χ3n) is 13.5. The molecule has 2 N–H and O–H groups in total. The molecule has 2 atom stereocenters. The summed E-state index contributed by atoms with van der Waals surface area (Å²) in [5.41, 5.74) is 2.20. The van der Waals surface area contributed by atoms with Gasteiger partial charge in [0.25, 0.3) is 11.8 Å². The normalized spacial score (nSPS) is 25.5. The number of nitrogens with zero attached hydrogens (tertiary/aromatic N) is 6. The first-order chi connectivity index (χ1) is 31.9. The number of nitrogens with one attached hydrogen (secondary N) is 2. The van der Waals surface area contributed by atoms with Crippen molar-refractivity contribution in [2.24, 2.45) is 0 Å². The van der Waals surface area contributed by atoms with Crippen LogP contribution >= 0.6 is 24.6 Å². The summed E-state index contributed by atoms with van der Waals surface area (Å²) in [4.78, 5) is 32.1. The first-order valence-corrected chi connectivity index (χ1v) is 26.4. The van der Waals surface area contributed by atoms with Crippen LogP contribution in [-0.2, 0) is 9.47 Å². The Kier molecular flexibility index (Phi) is 20.0. The van der Waals surface area contributed by atoms with Crippen LogP contribution in [0.1, 0.15) is 134 Å². The molecule has 11 rings (SSSR count). The van der Waals surface area contributed by atoms with Gasteiger partial charge in [-0.15, -0.1) is 0 Å².